The average Bonchev–Trinajstić information content (AvgIpc) is 2.52. The van der Waals surface area contributed by atoms with Crippen LogP contribution in [0.1, 0.15) is 11.1 Å². The van der Waals surface area contributed by atoms with Gasteiger partial charge in [-0.1, -0.05) is 83.5 Å². The molecule has 22 heavy (non-hydrogen) atoms. The molecule has 0 aliphatic rings. The monoisotopic (exact) mass is 342 g/mol. The Hall–Kier alpha value is -1.48. The predicted octanol–water partition coefficient (Wildman–Crippen LogP) is 7.08. The first-order chi connectivity index (χ1) is 10.5. The molecule has 1 aromatic heterocycles. The molecule has 0 nitrogen and oxygen atoms in total. The van der Waals surface area contributed by atoms with Crippen LogP contribution in [-0.2, 0) is 0 Å². The third kappa shape index (κ3) is 3.14. The molecule has 3 aromatic rings. The van der Waals surface area contributed by atoms with Gasteiger partial charge in [0.15, 0.2) is 0 Å². The van der Waals surface area contributed by atoms with Crippen LogP contribution in [0.3, 0.4) is 0 Å². The van der Waals surface area contributed by atoms with E-state index in [1.165, 1.54) is 16.7 Å². The largest absolute Gasteiger partial charge is 0.134 e. The van der Waals surface area contributed by atoms with Gasteiger partial charge in [0.2, 0.25) is 0 Å². The zero-order valence-corrected chi connectivity index (χ0v) is 14.8. The summed E-state index contributed by atoms with van der Waals surface area (Å²) in [4.78, 5) is 2.18. The van der Waals surface area contributed by atoms with Crippen LogP contribution in [0.2, 0.25) is 5.02 Å². The Bertz CT molecular complexity index is 859. The van der Waals surface area contributed by atoms with E-state index in [0.717, 1.165) is 15.3 Å². The van der Waals surface area contributed by atoms with Crippen molar-refractivity contribution in [3.05, 3.63) is 75.3 Å². The van der Waals surface area contributed by atoms with Crippen LogP contribution in [0.4, 0.5) is 0 Å². The van der Waals surface area contributed by atoms with Gasteiger partial charge in [-0.25, -0.2) is 0 Å². The van der Waals surface area contributed by atoms with Crippen LogP contribution in [0.5, 0.6) is 0 Å². The molecule has 0 unspecified atom stereocenters. The van der Waals surface area contributed by atoms with Gasteiger partial charge in [-0.15, -0.1) is 11.3 Å². The van der Waals surface area contributed by atoms with E-state index in [9.17, 15) is 0 Å². The summed E-state index contributed by atoms with van der Waals surface area (Å²) in [6.45, 7) is 4.17. The molecule has 0 aliphatic carbocycles. The van der Waals surface area contributed by atoms with E-state index >= 15 is 0 Å². The molecule has 110 valence electrons. The van der Waals surface area contributed by atoms with Gasteiger partial charge in [-0.3, -0.25) is 0 Å². The smallest absolute Gasteiger partial charge is 0.0765 e. The molecule has 0 saturated heterocycles. The van der Waals surface area contributed by atoms with Gasteiger partial charge in [0.1, 0.15) is 0 Å². The Labute approximate surface area is 145 Å². The molecule has 0 radical (unpaired) electrons. The van der Waals surface area contributed by atoms with Gasteiger partial charge < -0.3 is 0 Å². The molecule has 3 heteroatoms. The van der Waals surface area contributed by atoms with Crippen molar-refractivity contribution in [1.82, 2.24) is 0 Å². The standard InChI is InChI=1S/C19H15ClS2/c1-12-3-7-14(8-4-12)17-11-16(21)18(20)19(22-17)15-9-5-13(2)6-10-15/h3-11H,1-2H3. The third-order valence-corrected chi connectivity index (χ3v) is 5.70. The highest BCUT2D eigenvalue weighted by molar-refractivity contribution is 7.71. The van der Waals surface area contributed by atoms with E-state index in [0.29, 0.717) is 9.53 Å². The minimum Gasteiger partial charge on any atom is -0.134 e. The van der Waals surface area contributed by atoms with Crippen molar-refractivity contribution < 1.29 is 0 Å². The summed E-state index contributed by atoms with van der Waals surface area (Å²) >= 11 is 13.6. The number of halogens is 1. The minimum absolute atomic E-state index is 0.666. The first-order valence-corrected chi connectivity index (χ1v) is 8.62. The van der Waals surface area contributed by atoms with E-state index < -0.39 is 0 Å². The highest BCUT2D eigenvalue weighted by atomic mass is 35.5. The zero-order chi connectivity index (χ0) is 15.7. The maximum Gasteiger partial charge on any atom is 0.0765 e. The molecular weight excluding hydrogens is 328 g/mol. The predicted molar refractivity (Wildman–Crippen MR) is 101 cm³/mol. The van der Waals surface area contributed by atoms with Gasteiger partial charge in [0.05, 0.1) is 14.4 Å². The van der Waals surface area contributed by atoms with E-state index in [2.05, 4.69) is 62.4 Å². The Morgan fingerprint density at radius 2 is 1.32 bits per heavy atom. The van der Waals surface area contributed by atoms with Crippen molar-refractivity contribution in [3.8, 4) is 20.9 Å². The lowest BCUT2D eigenvalue weighted by Crippen LogP contribution is -1.82. The van der Waals surface area contributed by atoms with E-state index in [-0.39, 0.29) is 0 Å². The van der Waals surface area contributed by atoms with E-state index in [1.807, 2.05) is 6.07 Å². The van der Waals surface area contributed by atoms with Crippen molar-refractivity contribution in [3.63, 3.8) is 0 Å². The minimum atomic E-state index is 0.666. The Kier molecular flexibility index (Phi) is 4.44. The van der Waals surface area contributed by atoms with E-state index in [4.69, 9.17) is 23.8 Å². The number of benzene rings is 2. The van der Waals surface area contributed by atoms with Gasteiger partial charge in [-0.05, 0) is 31.0 Å². The van der Waals surface area contributed by atoms with Gasteiger partial charge in [-0.2, -0.15) is 0 Å². The SMILES string of the molecule is Cc1ccc(-c2cc(=S)c(Cl)c(-c3ccc(C)cc3)s2)cc1. The first-order valence-electron chi connectivity index (χ1n) is 7.02. The molecule has 0 saturated carbocycles. The summed E-state index contributed by atoms with van der Waals surface area (Å²) in [5, 5.41) is 0.666. The van der Waals surface area contributed by atoms with Gasteiger partial charge in [0.25, 0.3) is 0 Å². The van der Waals surface area contributed by atoms with Crippen LogP contribution in [0.15, 0.2) is 54.6 Å². The summed E-state index contributed by atoms with van der Waals surface area (Å²) in [5.41, 5.74) is 4.77. The third-order valence-electron chi connectivity index (χ3n) is 3.54. The Morgan fingerprint density at radius 1 is 0.818 bits per heavy atom. The molecule has 0 amide bonds. The fraction of sp³-hybridized carbons (Fsp3) is 0.105. The summed E-state index contributed by atoms with van der Waals surface area (Å²) in [6.07, 6.45) is 0. The molecule has 0 spiro atoms. The van der Waals surface area contributed by atoms with Crippen LogP contribution < -0.4 is 0 Å². The van der Waals surface area contributed by atoms with Crippen LogP contribution in [0.25, 0.3) is 20.9 Å². The lowest BCUT2D eigenvalue weighted by atomic mass is 10.1. The highest BCUT2D eigenvalue weighted by Crippen LogP contribution is 2.38. The van der Waals surface area contributed by atoms with Gasteiger partial charge in [0, 0.05) is 4.88 Å². The van der Waals surface area contributed by atoms with Crippen molar-refractivity contribution in [1.29, 1.82) is 0 Å². The zero-order valence-electron chi connectivity index (χ0n) is 12.4. The molecule has 0 aliphatic heterocycles. The molecule has 0 bridgehead atoms. The maximum atomic E-state index is 6.46. The van der Waals surface area contributed by atoms with Crippen LogP contribution in [0, 0.1) is 18.4 Å². The topological polar surface area (TPSA) is 0 Å². The second-order valence-corrected chi connectivity index (χ2v) is 7.22. The number of hydrogen-bond acceptors (Lipinski definition) is 2. The molecule has 1 heterocycles. The van der Waals surface area contributed by atoms with Gasteiger partial charge >= 0.3 is 0 Å². The van der Waals surface area contributed by atoms with Crippen molar-refractivity contribution in [2.75, 3.05) is 0 Å². The van der Waals surface area contributed by atoms with E-state index in [1.54, 1.807) is 11.3 Å². The molecule has 2 aromatic carbocycles. The average molecular weight is 343 g/mol. The number of hydrogen-bond donors (Lipinski definition) is 0. The Morgan fingerprint density at radius 3 is 1.86 bits per heavy atom. The van der Waals surface area contributed by atoms with Crippen molar-refractivity contribution >= 4 is 35.2 Å². The Balaban J connectivity index is 2.17. The highest BCUT2D eigenvalue weighted by Gasteiger charge is 2.10. The fourth-order valence-corrected chi connectivity index (χ4v) is 3.97. The summed E-state index contributed by atoms with van der Waals surface area (Å²) in [6, 6.07) is 18.9. The van der Waals surface area contributed by atoms with Crippen LogP contribution >= 0.6 is 35.2 Å². The lowest BCUT2D eigenvalue weighted by molar-refractivity contribution is 1.47. The summed E-state index contributed by atoms with van der Waals surface area (Å²) < 4.78 is 0.701. The fourth-order valence-electron chi connectivity index (χ4n) is 2.23. The summed E-state index contributed by atoms with van der Waals surface area (Å²) in [5.74, 6) is 0. The van der Waals surface area contributed by atoms with Crippen molar-refractivity contribution in [2.24, 2.45) is 0 Å². The maximum absolute atomic E-state index is 6.46. The van der Waals surface area contributed by atoms with Crippen LogP contribution in [-0.4, -0.2) is 0 Å². The molecule has 3 rings (SSSR count). The molecule has 0 fully saturated rings. The first kappa shape index (κ1) is 15.4. The second kappa shape index (κ2) is 6.33. The number of aryl methyl sites for hydroxylation is 2. The normalized spacial score (nSPS) is 10.7. The lowest BCUT2D eigenvalue weighted by Gasteiger charge is -2.08. The summed E-state index contributed by atoms with van der Waals surface area (Å²) in [7, 11) is 0. The van der Waals surface area contributed by atoms with Crippen molar-refractivity contribution in [2.45, 2.75) is 13.8 Å². The molecular formula is C19H15ClS2. The second-order valence-electron chi connectivity index (χ2n) is 5.35. The number of rotatable bonds is 2. The quantitative estimate of drug-likeness (QED) is 0.448. The molecule has 0 atom stereocenters. The molecule has 0 N–H and O–H groups in total.